The van der Waals surface area contributed by atoms with Crippen LogP contribution >= 0.6 is 23.8 Å². The van der Waals surface area contributed by atoms with Crippen molar-refractivity contribution in [1.82, 2.24) is 14.8 Å². The molecular weight excluding hydrogens is 294 g/mol. The third-order valence-electron chi connectivity index (χ3n) is 3.55. The lowest BCUT2D eigenvalue weighted by molar-refractivity contribution is 0.0960. The van der Waals surface area contributed by atoms with Crippen LogP contribution in [-0.2, 0) is 17.7 Å². The molecule has 0 spiro atoms. The number of aromatic nitrogens is 3. The van der Waals surface area contributed by atoms with Crippen molar-refractivity contribution < 1.29 is 4.74 Å². The van der Waals surface area contributed by atoms with Gasteiger partial charge in [-0.1, -0.05) is 29.8 Å². The van der Waals surface area contributed by atoms with Crippen molar-refractivity contribution in [1.29, 1.82) is 0 Å². The fourth-order valence-electron chi connectivity index (χ4n) is 2.48. The van der Waals surface area contributed by atoms with Gasteiger partial charge in [0.15, 0.2) is 4.77 Å². The Kier molecular flexibility index (Phi) is 4.19. The lowest BCUT2D eigenvalue weighted by Gasteiger charge is -2.12. The van der Waals surface area contributed by atoms with Gasteiger partial charge in [-0.3, -0.25) is 5.10 Å². The first-order valence-corrected chi connectivity index (χ1v) is 7.52. The zero-order valence-electron chi connectivity index (χ0n) is 11.0. The number of benzene rings is 1. The summed E-state index contributed by atoms with van der Waals surface area (Å²) in [6.45, 7) is 1.60. The van der Waals surface area contributed by atoms with E-state index in [0.29, 0.717) is 11.2 Å². The van der Waals surface area contributed by atoms with Gasteiger partial charge >= 0.3 is 0 Å². The lowest BCUT2D eigenvalue weighted by atomic mass is 10.1. The number of ether oxygens (including phenoxy) is 1. The van der Waals surface area contributed by atoms with Crippen molar-refractivity contribution in [3.63, 3.8) is 0 Å². The highest BCUT2D eigenvalue weighted by molar-refractivity contribution is 7.71. The summed E-state index contributed by atoms with van der Waals surface area (Å²) in [6, 6.07) is 7.81. The Morgan fingerprint density at radius 2 is 2.30 bits per heavy atom. The Bertz CT molecular complexity index is 646. The molecule has 0 amide bonds. The van der Waals surface area contributed by atoms with Crippen molar-refractivity contribution in [2.24, 2.45) is 0 Å². The predicted octanol–water partition coefficient (Wildman–Crippen LogP) is 3.36. The van der Waals surface area contributed by atoms with Crippen molar-refractivity contribution >= 4 is 23.8 Å². The lowest BCUT2D eigenvalue weighted by Crippen LogP contribution is -2.17. The van der Waals surface area contributed by atoms with Gasteiger partial charge in [-0.05, 0) is 36.7 Å². The molecule has 6 heteroatoms. The largest absolute Gasteiger partial charge is 0.376 e. The summed E-state index contributed by atoms with van der Waals surface area (Å²) in [6.07, 6.45) is 3.11. The summed E-state index contributed by atoms with van der Waals surface area (Å²) in [4.78, 5) is 0. The standard InChI is InChI=1S/C14H16ClN3OS/c15-12-6-2-1-4-10(12)8-13-16-17-14(20)18(13)9-11-5-3-7-19-11/h1-2,4,6,11H,3,5,7-9H2,(H,17,20). The van der Waals surface area contributed by atoms with E-state index in [4.69, 9.17) is 28.6 Å². The molecule has 2 heterocycles. The molecule has 1 N–H and O–H groups in total. The van der Waals surface area contributed by atoms with Crippen molar-refractivity contribution in [3.05, 3.63) is 45.4 Å². The molecule has 2 aromatic rings. The molecule has 1 saturated heterocycles. The number of halogens is 1. The van der Waals surface area contributed by atoms with Gasteiger partial charge in [0.25, 0.3) is 0 Å². The van der Waals surface area contributed by atoms with E-state index < -0.39 is 0 Å². The summed E-state index contributed by atoms with van der Waals surface area (Å²) in [7, 11) is 0. The van der Waals surface area contributed by atoms with Crippen LogP contribution in [0.5, 0.6) is 0 Å². The monoisotopic (exact) mass is 309 g/mol. The van der Waals surface area contributed by atoms with E-state index in [0.717, 1.165) is 42.4 Å². The molecular formula is C14H16ClN3OS. The Morgan fingerprint density at radius 3 is 3.05 bits per heavy atom. The first-order valence-electron chi connectivity index (χ1n) is 6.73. The van der Waals surface area contributed by atoms with Crippen molar-refractivity contribution in [3.8, 4) is 0 Å². The van der Waals surface area contributed by atoms with Crippen LogP contribution < -0.4 is 0 Å². The van der Waals surface area contributed by atoms with Gasteiger partial charge in [0.2, 0.25) is 0 Å². The maximum atomic E-state index is 6.21. The Balaban J connectivity index is 1.83. The molecule has 1 aliphatic rings. The molecule has 1 fully saturated rings. The zero-order valence-corrected chi connectivity index (χ0v) is 12.6. The SMILES string of the molecule is S=c1[nH]nc(Cc2ccccc2Cl)n1CC1CCCO1. The zero-order chi connectivity index (χ0) is 13.9. The van der Waals surface area contributed by atoms with Crippen LogP contribution in [0.15, 0.2) is 24.3 Å². The Morgan fingerprint density at radius 1 is 1.45 bits per heavy atom. The van der Waals surface area contributed by atoms with E-state index in [2.05, 4.69) is 10.2 Å². The molecule has 3 rings (SSSR count). The molecule has 1 atom stereocenters. The smallest absolute Gasteiger partial charge is 0.195 e. The van der Waals surface area contributed by atoms with E-state index in [9.17, 15) is 0 Å². The fourth-order valence-corrected chi connectivity index (χ4v) is 2.91. The number of aromatic amines is 1. The van der Waals surface area contributed by atoms with Crippen LogP contribution in [0.2, 0.25) is 5.02 Å². The molecule has 1 unspecified atom stereocenters. The first-order chi connectivity index (χ1) is 9.74. The average Bonchev–Trinajstić information content (AvgIpc) is 3.06. The number of hydrogen-bond donors (Lipinski definition) is 1. The third kappa shape index (κ3) is 2.95. The maximum absolute atomic E-state index is 6.21. The maximum Gasteiger partial charge on any atom is 0.195 e. The minimum absolute atomic E-state index is 0.240. The summed E-state index contributed by atoms with van der Waals surface area (Å²) >= 11 is 11.5. The predicted molar refractivity (Wildman–Crippen MR) is 80.6 cm³/mol. The third-order valence-corrected chi connectivity index (χ3v) is 4.23. The van der Waals surface area contributed by atoms with E-state index in [1.54, 1.807) is 0 Å². The van der Waals surface area contributed by atoms with Crippen molar-refractivity contribution in [2.45, 2.75) is 31.9 Å². The van der Waals surface area contributed by atoms with E-state index in [1.165, 1.54) is 0 Å². The summed E-state index contributed by atoms with van der Waals surface area (Å²) in [5, 5.41) is 7.95. The molecule has 1 aliphatic heterocycles. The normalized spacial score (nSPS) is 18.6. The van der Waals surface area contributed by atoms with Gasteiger partial charge < -0.3 is 9.30 Å². The molecule has 0 aliphatic carbocycles. The summed E-state index contributed by atoms with van der Waals surface area (Å²) in [5.74, 6) is 0.901. The highest BCUT2D eigenvalue weighted by atomic mass is 35.5. The molecule has 1 aromatic carbocycles. The molecule has 1 aromatic heterocycles. The topological polar surface area (TPSA) is 42.8 Å². The van der Waals surface area contributed by atoms with Crippen LogP contribution in [0.1, 0.15) is 24.2 Å². The average molecular weight is 310 g/mol. The molecule has 0 bridgehead atoms. The highest BCUT2D eigenvalue weighted by Crippen LogP contribution is 2.20. The van der Waals surface area contributed by atoms with Gasteiger partial charge in [-0.25, -0.2) is 0 Å². The first kappa shape index (κ1) is 13.8. The van der Waals surface area contributed by atoms with Crippen LogP contribution in [0.3, 0.4) is 0 Å². The van der Waals surface area contributed by atoms with E-state index >= 15 is 0 Å². The second-order valence-corrected chi connectivity index (χ2v) is 5.75. The Hall–Kier alpha value is -1.17. The van der Waals surface area contributed by atoms with Gasteiger partial charge in [-0.2, -0.15) is 5.10 Å². The summed E-state index contributed by atoms with van der Waals surface area (Å²) < 4.78 is 8.34. The fraction of sp³-hybridized carbons (Fsp3) is 0.429. The minimum atomic E-state index is 0.240. The molecule has 0 radical (unpaired) electrons. The highest BCUT2D eigenvalue weighted by Gasteiger charge is 2.18. The Labute approximate surface area is 127 Å². The molecule has 20 heavy (non-hydrogen) atoms. The number of H-pyrrole nitrogens is 1. The molecule has 4 nitrogen and oxygen atoms in total. The van der Waals surface area contributed by atoms with E-state index in [1.807, 2.05) is 28.8 Å². The quantitative estimate of drug-likeness (QED) is 0.881. The van der Waals surface area contributed by atoms with Crippen molar-refractivity contribution in [2.75, 3.05) is 6.61 Å². The number of nitrogens with zero attached hydrogens (tertiary/aromatic N) is 2. The molecule has 106 valence electrons. The van der Waals surface area contributed by atoms with Gasteiger partial charge in [0.1, 0.15) is 5.82 Å². The van der Waals surface area contributed by atoms with Crippen LogP contribution in [0.4, 0.5) is 0 Å². The number of hydrogen-bond acceptors (Lipinski definition) is 3. The van der Waals surface area contributed by atoms with Crippen LogP contribution in [0, 0.1) is 4.77 Å². The second kappa shape index (κ2) is 6.08. The van der Waals surface area contributed by atoms with Crippen LogP contribution in [-0.4, -0.2) is 27.5 Å². The number of rotatable bonds is 4. The second-order valence-electron chi connectivity index (χ2n) is 4.96. The summed E-state index contributed by atoms with van der Waals surface area (Å²) in [5.41, 5.74) is 1.05. The van der Waals surface area contributed by atoms with Crippen LogP contribution in [0.25, 0.3) is 0 Å². The van der Waals surface area contributed by atoms with Gasteiger partial charge in [0, 0.05) is 18.1 Å². The van der Waals surface area contributed by atoms with E-state index in [-0.39, 0.29) is 6.10 Å². The van der Waals surface area contributed by atoms with Gasteiger partial charge in [0.05, 0.1) is 12.6 Å². The molecule has 0 saturated carbocycles. The number of nitrogens with one attached hydrogen (secondary N) is 1. The minimum Gasteiger partial charge on any atom is -0.376 e. The van der Waals surface area contributed by atoms with Gasteiger partial charge in [-0.15, -0.1) is 0 Å².